The maximum absolute atomic E-state index is 12.9. The van der Waals surface area contributed by atoms with E-state index in [1.165, 1.54) is 14.2 Å². The highest BCUT2D eigenvalue weighted by atomic mass is 35.5. The second-order valence-electron chi connectivity index (χ2n) is 7.50. The minimum absolute atomic E-state index is 0.0219. The van der Waals surface area contributed by atoms with Crippen LogP contribution in [0.5, 0.6) is 11.5 Å². The van der Waals surface area contributed by atoms with E-state index in [-0.39, 0.29) is 46.7 Å². The molecule has 180 valence electrons. The summed E-state index contributed by atoms with van der Waals surface area (Å²) in [5.41, 5.74) is 1.28. The molecule has 2 aromatic carbocycles. The SMILES string of the molecule is COc1c(Cl)c(OCc2ccccc2)c(Cl)c(C)c1C(=O)OCC1O[C@H](OC)CC(O)[C@@H]1O. The third-order valence-electron chi connectivity index (χ3n) is 5.34. The molecule has 4 atom stereocenters. The van der Waals surface area contributed by atoms with Gasteiger partial charge in [0.1, 0.15) is 36.0 Å². The first-order chi connectivity index (χ1) is 15.8. The molecule has 0 amide bonds. The van der Waals surface area contributed by atoms with E-state index in [0.717, 1.165) is 5.56 Å². The van der Waals surface area contributed by atoms with E-state index in [0.29, 0.717) is 5.56 Å². The predicted octanol–water partition coefficient (Wildman–Crippen LogP) is 3.53. The largest absolute Gasteiger partial charge is 0.494 e. The van der Waals surface area contributed by atoms with E-state index in [9.17, 15) is 15.0 Å². The molecule has 2 N–H and O–H groups in total. The molecule has 1 aliphatic rings. The van der Waals surface area contributed by atoms with E-state index < -0.39 is 30.6 Å². The Morgan fingerprint density at radius 3 is 2.45 bits per heavy atom. The summed E-state index contributed by atoms with van der Waals surface area (Å²) in [5.74, 6) is -0.552. The summed E-state index contributed by atoms with van der Waals surface area (Å²) >= 11 is 13.0. The molecule has 0 radical (unpaired) electrons. The standard InChI is InChI=1S/C23H26Cl2O8/c1-12-17(23(28)32-11-15-20(27)14(26)9-16(29-2)33-15)21(30-3)19(25)22(18(12)24)31-10-13-7-5-4-6-8-13/h4-8,14-16,20,26-27H,9-11H2,1-3H3/t14?,15?,16-,20-/m0/s1. The van der Waals surface area contributed by atoms with Crippen molar-refractivity contribution in [2.24, 2.45) is 0 Å². The number of hydrogen-bond acceptors (Lipinski definition) is 8. The molecule has 0 bridgehead atoms. The van der Waals surface area contributed by atoms with Crippen LogP contribution in [-0.4, -0.2) is 61.6 Å². The van der Waals surface area contributed by atoms with E-state index in [1.54, 1.807) is 6.92 Å². The van der Waals surface area contributed by atoms with Crippen LogP contribution in [0.3, 0.4) is 0 Å². The van der Waals surface area contributed by atoms with E-state index in [4.69, 9.17) is 46.9 Å². The number of ether oxygens (including phenoxy) is 5. The zero-order valence-corrected chi connectivity index (χ0v) is 19.9. The monoisotopic (exact) mass is 500 g/mol. The molecule has 0 aromatic heterocycles. The topological polar surface area (TPSA) is 104 Å². The van der Waals surface area contributed by atoms with Crippen molar-refractivity contribution in [1.29, 1.82) is 0 Å². The van der Waals surface area contributed by atoms with Gasteiger partial charge in [-0.1, -0.05) is 53.5 Å². The third kappa shape index (κ3) is 5.71. The highest BCUT2D eigenvalue weighted by molar-refractivity contribution is 6.39. The van der Waals surface area contributed by atoms with Gasteiger partial charge >= 0.3 is 5.97 Å². The summed E-state index contributed by atoms with van der Waals surface area (Å²) in [6, 6.07) is 9.45. The molecule has 3 rings (SSSR count). The van der Waals surface area contributed by atoms with Crippen molar-refractivity contribution in [3.63, 3.8) is 0 Å². The molecule has 1 saturated heterocycles. The summed E-state index contributed by atoms with van der Waals surface area (Å²) in [6.45, 7) is 1.50. The average Bonchev–Trinajstić information content (AvgIpc) is 2.82. The fourth-order valence-corrected chi connectivity index (χ4v) is 4.10. The Labute approximate surface area is 201 Å². The minimum atomic E-state index is -1.24. The van der Waals surface area contributed by atoms with Crippen LogP contribution in [0, 0.1) is 6.92 Å². The molecule has 2 aromatic rings. The highest BCUT2D eigenvalue weighted by Crippen LogP contribution is 2.45. The summed E-state index contributed by atoms with van der Waals surface area (Å²) in [7, 11) is 2.78. The number of benzene rings is 2. The Morgan fingerprint density at radius 1 is 1.12 bits per heavy atom. The summed E-state index contributed by atoms with van der Waals surface area (Å²) < 4.78 is 27.2. The van der Waals surface area contributed by atoms with Crippen LogP contribution >= 0.6 is 23.2 Å². The molecule has 1 aliphatic heterocycles. The van der Waals surface area contributed by atoms with E-state index in [1.807, 2.05) is 30.3 Å². The maximum Gasteiger partial charge on any atom is 0.342 e. The zero-order chi connectivity index (χ0) is 24.1. The average molecular weight is 501 g/mol. The van der Waals surface area contributed by atoms with Gasteiger partial charge in [-0.15, -0.1) is 0 Å². The summed E-state index contributed by atoms with van der Waals surface area (Å²) in [6.07, 6.45) is -3.92. The number of methoxy groups -OCH3 is 2. The van der Waals surface area contributed by atoms with Crippen molar-refractivity contribution >= 4 is 29.2 Å². The molecular weight excluding hydrogens is 475 g/mol. The summed E-state index contributed by atoms with van der Waals surface area (Å²) in [5, 5.41) is 20.3. The Balaban J connectivity index is 1.80. The van der Waals surface area contributed by atoms with Crippen molar-refractivity contribution in [2.45, 2.75) is 44.6 Å². The van der Waals surface area contributed by atoms with Gasteiger partial charge in [0.25, 0.3) is 0 Å². The highest BCUT2D eigenvalue weighted by Gasteiger charge is 2.38. The van der Waals surface area contributed by atoms with Gasteiger partial charge in [-0.2, -0.15) is 0 Å². The van der Waals surface area contributed by atoms with E-state index in [2.05, 4.69) is 0 Å². The first-order valence-corrected chi connectivity index (χ1v) is 11.0. The van der Waals surface area contributed by atoms with Gasteiger partial charge in [-0.25, -0.2) is 4.79 Å². The third-order valence-corrected chi connectivity index (χ3v) is 6.14. The number of aliphatic hydroxyl groups is 2. The van der Waals surface area contributed by atoms with Crippen molar-refractivity contribution in [3.8, 4) is 11.5 Å². The van der Waals surface area contributed by atoms with Gasteiger partial charge in [0.05, 0.1) is 18.2 Å². The van der Waals surface area contributed by atoms with Crippen LogP contribution in [0.4, 0.5) is 0 Å². The van der Waals surface area contributed by atoms with E-state index >= 15 is 0 Å². The molecule has 1 fully saturated rings. The fraction of sp³-hybridized carbons (Fsp3) is 0.435. The lowest BCUT2D eigenvalue weighted by Gasteiger charge is -2.36. The summed E-state index contributed by atoms with van der Waals surface area (Å²) in [4.78, 5) is 12.9. The van der Waals surface area contributed by atoms with Crippen LogP contribution in [0.2, 0.25) is 10.0 Å². The predicted molar refractivity (Wildman–Crippen MR) is 121 cm³/mol. The van der Waals surface area contributed by atoms with Gasteiger partial charge in [-0.05, 0) is 18.1 Å². The van der Waals surface area contributed by atoms with Gasteiger partial charge in [0.2, 0.25) is 0 Å². The van der Waals surface area contributed by atoms with Gasteiger partial charge in [0, 0.05) is 13.5 Å². The van der Waals surface area contributed by atoms with Gasteiger partial charge < -0.3 is 33.9 Å². The van der Waals surface area contributed by atoms with Crippen LogP contribution < -0.4 is 9.47 Å². The Morgan fingerprint density at radius 2 is 1.82 bits per heavy atom. The molecule has 33 heavy (non-hydrogen) atoms. The normalized spacial score (nSPS) is 22.6. The number of rotatable bonds is 8. The Kier molecular flexibility index (Phi) is 8.81. The molecule has 2 unspecified atom stereocenters. The molecule has 10 heteroatoms. The van der Waals surface area contributed by atoms with Crippen molar-refractivity contribution in [2.75, 3.05) is 20.8 Å². The quantitative estimate of drug-likeness (QED) is 0.530. The van der Waals surface area contributed by atoms with Gasteiger partial charge in [-0.3, -0.25) is 0 Å². The van der Waals surface area contributed by atoms with Crippen molar-refractivity contribution < 1.29 is 38.7 Å². The molecule has 1 heterocycles. The number of carbonyl (C=O) groups is 1. The molecule has 8 nitrogen and oxygen atoms in total. The lowest BCUT2D eigenvalue weighted by atomic mass is 10.0. The van der Waals surface area contributed by atoms with Crippen LogP contribution in [0.1, 0.15) is 27.9 Å². The van der Waals surface area contributed by atoms with Crippen LogP contribution in [0.25, 0.3) is 0 Å². The number of esters is 1. The lowest BCUT2D eigenvalue weighted by molar-refractivity contribution is -0.248. The smallest absolute Gasteiger partial charge is 0.342 e. The number of hydrogen-bond donors (Lipinski definition) is 2. The molecule has 0 spiro atoms. The maximum atomic E-state index is 12.9. The number of aliphatic hydroxyl groups excluding tert-OH is 2. The Bertz CT molecular complexity index is 969. The molecular formula is C23H26Cl2O8. The fourth-order valence-electron chi connectivity index (χ4n) is 3.49. The second kappa shape index (κ2) is 11.4. The first-order valence-electron chi connectivity index (χ1n) is 10.2. The Hall–Kier alpha value is -2.07. The second-order valence-corrected chi connectivity index (χ2v) is 8.25. The number of halogens is 2. The van der Waals surface area contributed by atoms with Crippen molar-refractivity contribution in [3.05, 3.63) is 57.1 Å². The minimum Gasteiger partial charge on any atom is -0.494 e. The van der Waals surface area contributed by atoms with Crippen LogP contribution in [0.15, 0.2) is 30.3 Å². The zero-order valence-electron chi connectivity index (χ0n) is 18.4. The van der Waals surface area contributed by atoms with Gasteiger partial charge in [0.15, 0.2) is 17.8 Å². The van der Waals surface area contributed by atoms with Crippen molar-refractivity contribution in [1.82, 2.24) is 0 Å². The van der Waals surface area contributed by atoms with Crippen LogP contribution in [-0.2, 0) is 20.8 Å². The molecule has 0 saturated carbocycles. The lowest BCUT2D eigenvalue weighted by Crippen LogP contribution is -2.50. The molecule has 0 aliphatic carbocycles. The number of carbonyl (C=O) groups excluding carboxylic acids is 1. The first kappa shape index (κ1) is 25.6.